The second-order valence-corrected chi connectivity index (χ2v) is 4.98. The van der Waals surface area contributed by atoms with Gasteiger partial charge in [0.05, 0.1) is 10.8 Å². The number of nitro benzene ring substituents is 1. The SMILES string of the molecule is NC(=O)c1ccc([N+](=O)[O-])c(NC2CCCC2C(=O)O)c1. The highest BCUT2D eigenvalue weighted by atomic mass is 16.6. The van der Waals surface area contributed by atoms with Crippen molar-refractivity contribution in [1.29, 1.82) is 0 Å². The van der Waals surface area contributed by atoms with E-state index in [1.54, 1.807) is 0 Å². The Morgan fingerprint density at radius 3 is 2.67 bits per heavy atom. The summed E-state index contributed by atoms with van der Waals surface area (Å²) in [5.74, 6) is -2.23. The second kappa shape index (κ2) is 5.78. The van der Waals surface area contributed by atoms with Gasteiger partial charge in [-0.1, -0.05) is 6.42 Å². The topological polar surface area (TPSA) is 136 Å². The number of carbonyl (C=O) groups is 2. The van der Waals surface area contributed by atoms with E-state index in [-0.39, 0.29) is 16.9 Å². The van der Waals surface area contributed by atoms with E-state index in [1.807, 2.05) is 0 Å². The zero-order valence-corrected chi connectivity index (χ0v) is 11.1. The Bertz CT molecular complexity index is 601. The summed E-state index contributed by atoms with van der Waals surface area (Å²) < 4.78 is 0. The van der Waals surface area contributed by atoms with Gasteiger partial charge in [-0.3, -0.25) is 19.7 Å². The van der Waals surface area contributed by atoms with E-state index in [4.69, 9.17) is 10.8 Å². The number of benzene rings is 1. The molecular formula is C13H15N3O5. The van der Waals surface area contributed by atoms with Gasteiger partial charge in [-0.15, -0.1) is 0 Å². The first-order valence-corrected chi connectivity index (χ1v) is 6.47. The molecule has 112 valence electrons. The number of amides is 1. The predicted octanol–water partition coefficient (Wildman–Crippen LogP) is 1.36. The predicted molar refractivity (Wildman–Crippen MR) is 74.0 cm³/mol. The lowest BCUT2D eigenvalue weighted by Gasteiger charge is -2.19. The van der Waals surface area contributed by atoms with Crippen molar-refractivity contribution in [3.05, 3.63) is 33.9 Å². The summed E-state index contributed by atoms with van der Waals surface area (Å²) in [6.07, 6.45) is 1.86. The van der Waals surface area contributed by atoms with Gasteiger partial charge in [0.2, 0.25) is 5.91 Å². The molecular weight excluding hydrogens is 278 g/mol. The summed E-state index contributed by atoms with van der Waals surface area (Å²) in [4.78, 5) is 32.8. The van der Waals surface area contributed by atoms with Gasteiger partial charge in [0.25, 0.3) is 5.69 Å². The molecule has 8 heteroatoms. The Balaban J connectivity index is 2.32. The van der Waals surface area contributed by atoms with Gasteiger partial charge in [-0.2, -0.15) is 0 Å². The molecule has 0 saturated heterocycles. The molecule has 4 N–H and O–H groups in total. The molecule has 1 amide bonds. The van der Waals surface area contributed by atoms with E-state index in [0.29, 0.717) is 12.8 Å². The third kappa shape index (κ3) is 3.10. The molecule has 0 aromatic heterocycles. The number of aliphatic carboxylic acids is 1. The number of carboxylic acids is 1. The van der Waals surface area contributed by atoms with E-state index in [2.05, 4.69) is 5.32 Å². The molecule has 0 heterocycles. The average Bonchev–Trinajstić information content (AvgIpc) is 2.86. The molecule has 2 unspecified atom stereocenters. The number of nitrogens with zero attached hydrogens (tertiary/aromatic N) is 1. The molecule has 1 aromatic carbocycles. The molecule has 21 heavy (non-hydrogen) atoms. The fourth-order valence-corrected chi connectivity index (χ4v) is 2.59. The minimum absolute atomic E-state index is 0.120. The van der Waals surface area contributed by atoms with Gasteiger partial charge < -0.3 is 16.2 Å². The molecule has 1 aliphatic carbocycles. The van der Waals surface area contributed by atoms with Crippen molar-refractivity contribution in [3.8, 4) is 0 Å². The molecule has 1 fully saturated rings. The Morgan fingerprint density at radius 1 is 1.38 bits per heavy atom. The van der Waals surface area contributed by atoms with E-state index in [1.165, 1.54) is 18.2 Å². The van der Waals surface area contributed by atoms with Crippen molar-refractivity contribution in [2.45, 2.75) is 25.3 Å². The summed E-state index contributed by atoms with van der Waals surface area (Å²) in [6.45, 7) is 0. The fourth-order valence-electron chi connectivity index (χ4n) is 2.59. The smallest absolute Gasteiger partial charge is 0.308 e. The molecule has 0 radical (unpaired) electrons. The van der Waals surface area contributed by atoms with Crippen molar-refractivity contribution < 1.29 is 19.6 Å². The third-order valence-electron chi connectivity index (χ3n) is 3.65. The molecule has 1 aliphatic rings. The normalized spacial score (nSPS) is 21.0. The molecule has 1 saturated carbocycles. The van der Waals surface area contributed by atoms with Gasteiger partial charge in [-0.05, 0) is 25.0 Å². The first kappa shape index (κ1) is 14.8. The molecule has 8 nitrogen and oxygen atoms in total. The van der Waals surface area contributed by atoms with Crippen LogP contribution in [0.4, 0.5) is 11.4 Å². The van der Waals surface area contributed by atoms with Gasteiger partial charge in [0, 0.05) is 17.7 Å². The van der Waals surface area contributed by atoms with Crippen LogP contribution in [0.1, 0.15) is 29.6 Å². The minimum Gasteiger partial charge on any atom is -0.481 e. The van der Waals surface area contributed by atoms with Gasteiger partial charge >= 0.3 is 5.97 Å². The number of nitrogens with one attached hydrogen (secondary N) is 1. The highest BCUT2D eigenvalue weighted by Crippen LogP contribution is 2.32. The van der Waals surface area contributed by atoms with E-state index < -0.39 is 28.8 Å². The van der Waals surface area contributed by atoms with Crippen molar-refractivity contribution in [2.75, 3.05) is 5.32 Å². The van der Waals surface area contributed by atoms with Crippen molar-refractivity contribution >= 4 is 23.3 Å². The summed E-state index contributed by atoms with van der Waals surface area (Å²) in [7, 11) is 0. The van der Waals surface area contributed by atoms with Crippen molar-refractivity contribution in [1.82, 2.24) is 0 Å². The third-order valence-corrected chi connectivity index (χ3v) is 3.65. The summed E-state index contributed by atoms with van der Waals surface area (Å²) in [5.41, 5.74) is 5.20. The van der Waals surface area contributed by atoms with Crippen molar-refractivity contribution in [3.63, 3.8) is 0 Å². The van der Waals surface area contributed by atoms with Crippen LogP contribution < -0.4 is 11.1 Å². The molecule has 1 aromatic rings. The second-order valence-electron chi connectivity index (χ2n) is 4.98. The number of primary amides is 1. The number of nitrogens with two attached hydrogens (primary N) is 1. The summed E-state index contributed by atoms with van der Waals surface area (Å²) in [6, 6.07) is 3.35. The Kier molecular flexibility index (Phi) is 4.06. The lowest BCUT2D eigenvalue weighted by Crippen LogP contribution is -2.30. The number of hydrogen-bond donors (Lipinski definition) is 3. The Labute approximate surface area is 120 Å². The first-order chi connectivity index (χ1) is 9.90. The standard InChI is InChI=1S/C13H15N3O5/c14-12(17)7-4-5-11(16(20)21)10(6-7)15-9-3-1-2-8(9)13(18)19/h4-6,8-9,15H,1-3H2,(H2,14,17)(H,18,19). The molecule has 2 rings (SSSR count). The van der Waals surface area contributed by atoms with Gasteiger partial charge in [0.15, 0.2) is 0 Å². The van der Waals surface area contributed by atoms with Crippen LogP contribution in [0.15, 0.2) is 18.2 Å². The average molecular weight is 293 g/mol. The van der Waals surface area contributed by atoms with Gasteiger partial charge in [-0.25, -0.2) is 0 Å². The molecule has 0 bridgehead atoms. The van der Waals surface area contributed by atoms with Crippen LogP contribution >= 0.6 is 0 Å². The van der Waals surface area contributed by atoms with Crippen molar-refractivity contribution in [2.24, 2.45) is 11.7 Å². The monoisotopic (exact) mass is 293 g/mol. The zero-order chi connectivity index (χ0) is 15.6. The summed E-state index contributed by atoms with van der Waals surface area (Å²) >= 11 is 0. The number of carbonyl (C=O) groups excluding carboxylic acids is 1. The largest absolute Gasteiger partial charge is 0.481 e. The van der Waals surface area contributed by atoms with Gasteiger partial charge in [0.1, 0.15) is 5.69 Å². The number of rotatable bonds is 5. The lowest BCUT2D eigenvalue weighted by molar-refractivity contribution is -0.384. The molecule has 0 aliphatic heterocycles. The van der Waals surface area contributed by atoms with E-state index >= 15 is 0 Å². The maximum atomic E-state index is 11.2. The van der Waals surface area contributed by atoms with Crippen LogP contribution in [0.2, 0.25) is 0 Å². The highest BCUT2D eigenvalue weighted by Gasteiger charge is 2.34. The van der Waals surface area contributed by atoms with Crippen LogP contribution in [-0.4, -0.2) is 27.9 Å². The number of anilines is 1. The number of carboxylic acid groups (broad SMARTS) is 1. The highest BCUT2D eigenvalue weighted by molar-refractivity contribution is 5.94. The zero-order valence-electron chi connectivity index (χ0n) is 11.1. The quantitative estimate of drug-likeness (QED) is 0.554. The van der Waals surface area contributed by atoms with Crippen LogP contribution in [0.25, 0.3) is 0 Å². The Hall–Kier alpha value is -2.64. The minimum atomic E-state index is -0.932. The first-order valence-electron chi connectivity index (χ1n) is 6.47. The number of nitro groups is 1. The Morgan fingerprint density at radius 2 is 2.10 bits per heavy atom. The van der Waals surface area contributed by atoms with Crippen LogP contribution in [-0.2, 0) is 4.79 Å². The van der Waals surface area contributed by atoms with E-state index in [9.17, 15) is 19.7 Å². The maximum absolute atomic E-state index is 11.2. The fraction of sp³-hybridized carbons (Fsp3) is 0.385. The molecule has 2 atom stereocenters. The van der Waals surface area contributed by atoms with Crippen LogP contribution in [0.3, 0.4) is 0 Å². The van der Waals surface area contributed by atoms with Crippen LogP contribution in [0, 0.1) is 16.0 Å². The van der Waals surface area contributed by atoms with Crippen LogP contribution in [0.5, 0.6) is 0 Å². The molecule has 0 spiro atoms. The lowest BCUT2D eigenvalue weighted by atomic mass is 10.0. The number of hydrogen-bond acceptors (Lipinski definition) is 5. The maximum Gasteiger partial charge on any atom is 0.308 e. The summed E-state index contributed by atoms with van der Waals surface area (Å²) in [5, 5.41) is 23.0. The van der Waals surface area contributed by atoms with E-state index in [0.717, 1.165) is 6.42 Å².